The second kappa shape index (κ2) is 11.3. The van der Waals surface area contributed by atoms with E-state index >= 15 is 0 Å². The van der Waals surface area contributed by atoms with Crippen LogP contribution in [0.15, 0.2) is 48.8 Å². The lowest BCUT2D eigenvalue weighted by Gasteiger charge is -2.36. The largest absolute Gasteiger partial charge is 0.444 e. The number of aryl methyl sites for hydroxylation is 2. The summed E-state index contributed by atoms with van der Waals surface area (Å²) in [7, 11) is 0. The van der Waals surface area contributed by atoms with E-state index in [0.717, 1.165) is 48.7 Å². The number of nitrogens with zero attached hydrogens (tertiary/aromatic N) is 6. The molecular weight excluding hydrogens is 504 g/mol. The molecule has 2 amide bonds. The van der Waals surface area contributed by atoms with E-state index in [2.05, 4.69) is 41.9 Å². The van der Waals surface area contributed by atoms with Gasteiger partial charge in [0.25, 0.3) is 5.91 Å². The van der Waals surface area contributed by atoms with Gasteiger partial charge >= 0.3 is 6.09 Å². The lowest BCUT2D eigenvalue weighted by atomic mass is 9.90. The molecule has 2 aromatic heterocycles. The van der Waals surface area contributed by atoms with Crippen LogP contribution in [0.3, 0.4) is 0 Å². The monoisotopic (exact) mass is 544 g/mol. The van der Waals surface area contributed by atoms with E-state index in [4.69, 9.17) is 9.84 Å². The second-order valence-corrected chi connectivity index (χ2v) is 11.9. The summed E-state index contributed by atoms with van der Waals surface area (Å²) in [5.41, 5.74) is 4.33. The molecule has 3 aromatic rings. The van der Waals surface area contributed by atoms with E-state index < -0.39 is 5.60 Å². The lowest BCUT2D eigenvalue weighted by Crippen LogP contribution is -2.49. The van der Waals surface area contributed by atoms with Crippen LogP contribution in [-0.2, 0) is 4.74 Å². The predicted molar refractivity (Wildman–Crippen MR) is 155 cm³/mol. The zero-order valence-corrected chi connectivity index (χ0v) is 24.3. The Kier molecular flexibility index (Phi) is 7.83. The molecule has 0 spiro atoms. The van der Waals surface area contributed by atoms with Crippen LogP contribution in [0, 0.1) is 13.8 Å². The fourth-order valence-corrected chi connectivity index (χ4v) is 5.66. The molecule has 0 atom stereocenters. The number of carbonyl (C=O) groups excluding carboxylic acids is 2. The Labute approximate surface area is 236 Å². The molecule has 9 heteroatoms. The van der Waals surface area contributed by atoms with E-state index in [1.807, 2.05) is 48.6 Å². The number of ether oxygens (including phenoxy) is 1. The van der Waals surface area contributed by atoms with Gasteiger partial charge in [0.05, 0.1) is 23.1 Å². The Morgan fingerprint density at radius 3 is 2.27 bits per heavy atom. The minimum absolute atomic E-state index is 0.0151. The molecule has 9 nitrogen and oxygen atoms in total. The molecule has 0 saturated carbocycles. The Balaban J connectivity index is 1.39. The van der Waals surface area contributed by atoms with Crippen molar-refractivity contribution in [2.45, 2.75) is 59.0 Å². The molecule has 0 aliphatic carbocycles. The first-order valence-corrected chi connectivity index (χ1v) is 14.2. The van der Waals surface area contributed by atoms with E-state index in [1.165, 1.54) is 5.56 Å². The van der Waals surface area contributed by atoms with Gasteiger partial charge in [0.2, 0.25) is 0 Å². The molecule has 212 valence electrons. The molecule has 0 N–H and O–H groups in total. The van der Waals surface area contributed by atoms with Crippen molar-refractivity contribution in [3.63, 3.8) is 0 Å². The average molecular weight is 545 g/mol. The van der Waals surface area contributed by atoms with Crippen LogP contribution >= 0.6 is 0 Å². The molecule has 2 saturated heterocycles. The number of hydrogen-bond acceptors (Lipinski definition) is 6. The highest BCUT2D eigenvalue weighted by atomic mass is 16.6. The number of hydrogen-bond donors (Lipinski definition) is 0. The van der Waals surface area contributed by atoms with Crippen molar-refractivity contribution >= 4 is 17.8 Å². The average Bonchev–Trinajstić information content (AvgIpc) is 3.37. The standard InChI is InChI=1S/C31H40N6O3/c1-22-9-10-26(23(2)20-22)37-28(24-11-14-36(15-12-24)30(39)40-31(3,4)5)25(21-33-37)29(38)35-18-16-34(17-19-35)27-8-6-7-13-32-27/h6-10,13,20-21,24H,11-12,14-19H2,1-5H3. The van der Waals surface area contributed by atoms with Crippen molar-refractivity contribution in [3.05, 3.63) is 71.2 Å². The smallest absolute Gasteiger partial charge is 0.410 e. The van der Waals surface area contributed by atoms with Crippen molar-refractivity contribution in [2.24, 2.45) is 0 Å². The number of pyridine rings is 1. The van der Waals surface area contributed by atoms with E-state index in [9.17, 15) is 9.59 Å². The van der Waals surface area contributed by atoms with Gasteiger partial charge in [0, 0.05) is 51.4 Å². The topological polar surface area (TPSA) is 83.8 Å². The van der Waals surface area contributed by atoms with Crippen molar-refractivity contribution in [1.82, 2.24) is 24.6 Å². The number of amides is 2. The molecule has 5 rings (SSSR count). The predicted octanol–water partition coefficient (Wildman–Crippen LogP) is 4.96. The van der Waals surface area contributed by atoms with Crippen LogP contribution in [0.25, 0.3) is 5.69 Å². The number of likely N-dealkylation sites (tertiary alicyclic amines) is 1. The van der Waals surface area contributed by atoms with Crippen molar-refractivity contribution < 1.29 is 14.3 Å². The quantitative estimate of drug-likeness (QED) is 0.462. The molecule has 40 heavy (non-hydrogen) atoms. The van der Waals surface area contributed by atoms with Gasteiger partial charge in [0.1, 0.15) is 11.4 Å². The SMILES string of the molecule is Cc1ccc(-n2ncc(C(=O)N3CCN(c4ccccn4)CC3)c2C2CCN(C(=O)OC(C)(C)C)CC2)c(C)c1. The molecule has 2 fully saturated rings. The number of piperidine rings is 1. The van der Waals surface area contributed by atoms with Gasteiger partial charge in [-0.1, -0.05) is 23.8 Å². The normalized spacial score (nSPS) is 16.8. The number of anilines is 1. The third-order valence-corrected chi connectivity index (χ3v) is 7.69. The molecule has 1 aromatic carbocycles. The Morgan fingerprint density at radius 2 is 1.65 bits per heavy atom. The first-order chi connectivity index (χ1) is 19.1. The van der Waals surface area contributed by atoms with Crippen LogP contribution in [-0.4, -0.2) is 81.4 Å². The highest BCUT2D eigenvalue weighted by Gasteiger charge is 2.34. The molecule has 2 aliphatic rings. The molecule has 2 aliphatic heterocycles. The Morgan fingerprint density at radius 1 is 0.925 bits per heavy atom. The third kappa shape index (κ3) is 5.98. The summed E-state index contributed by atoms with van der Waals surface area (Å²) < 4.78 is 7.56. The van der Waals surface area contributed by atoms with Gasteiger partial charge in [-0.05, 0) is 71.2 Å². The van der Waals surface area contributed by atoms with Crippen molar-refractivity contribution in [3.8, 4) is 5.69 Å². The van der Waals surface area contributed by atoms with E-state index in [-0.39, 0.29) is 17.9 Å². The highest BCUT2D eigenvalue weighted by Crippen LogP contribution is 2.34. The van der Waals surface area contributed by atoms with Crippen LogP contribution in [0.1, 0.15) is 66.7 Å². The minimum Gasteiger partial charge on any atom is -0.444 e. The zero-order chi connectivity index (χ0) is 28.4. The summed E-state index contributed by atoms with van der Waals surface area (Å²) in [6.45, 7) is 13.7. The van der Waals surface area contributed by atoms with Crippen molar-refractivity contribution in [2.75, 3.05) is 44.2 Å². The van der Waals surface area contributed by atoms with Gasteiger partial charge in [-0.2, -0.15) is 5.10 Å². The van der Waals surface area contributed by atoms with Crippen LogP contribution in [0.2, 0.25) is 0 Å². The molecule has 0 radical (unpaired) electrons. The third-order valence-electron chi connectivity index (χ3n) is 7.69. The summed E-state index contributed by atoms with van der Waals surface area (Å²) >= 11 is 0. The maximum Gasteiger partial charge on any atom is 0.410 e. The summed E-state index contributed by atoms with van der Waals surface area (Å²) in [5, 5.41) is 4.78. The molecule has 4 heterocycles. The first-order valence-electron chi connectivity index (χ1n) is 14.2. The molecule has 0 unspecified atom stereocenters. The maximum absolute atomic E-state index is 14.0. The van der Waals surface area contributed by atoms with Crippen LogP contribution in [0.4, 0.5) is 10.6 Å². The van der Waals surface area contributed by atoms with Gasteiger partial charge in [-0.25, -0.2) is 14.5 Å². The van der Waals surface area contributed by atoms with E-state index in [0.29, 0.717) is 31.7 Å². The zero-order valence-electron chi connectivity index (χ0n) is 24.3. The van der Waals surface area contributed by atoms with Gasteiger partial charge < -0.3 is 19.4 Å². The van der Waals surface area contributed by atoms with Crippen LogP contribution < -0.4 is 4.90 Å². The Bertz CT molecular complexity index is 1350. The fourth-order valence-electron chi connectivity index (χ4n) is 5.66. The van der Waals surface area contributed by atoms with Crippen molar-refractivity contribution in [1.29, 1.82) is 0 Å². The fraction of sp³-hybridized carbons (Fsp3) is 0.484. The molecule has 0 bridgehead atoms. The second-order valence-electron chi connectivity index (χ2n) is 11.9. The molecular formula is C31H40N6O3. The van der Waals surface area contributed by atoms with E-state index in [1.54, 1.807) is 17.3 Å². The summed E-state index contributed by atoms with van der Waals surface area (Å²) in [4.78, 5) is 37.1. The summed E-state index contributed by atoms with van der Waals surface area (Å²) in [5.74, 6) is 1.05. The Hall–Kier alpha value is -3.88. The lowest BCUT2D eigenvalue weighted by molar-refractivity contribution is 0.0203. The van der Waals surface area contributed by atoms with Gasteiger partial charge in [-0.15, -0.1) is 0 Å². The number of piperazine rings is 1. The van der Waals surface area contributed by atoms with Gasteiger partial charge in [-0.3, -0.25) is 4.79 Å². The number of carbonyl (C=O) groups is 2. The first kappa shape index (κ1) is 27.7. The number of benzene rings is 1. The summed E-state index contributed by atoms with van der Waals surface area (Å²) in [6, 6.07) is 12.2. The van der Waals surface area contributed by atoms with Crippen LogP contribution in [0.5, 0.6) is 0 Å². The maximum atomic E-state index is 14.0. The minimum atomic E-state index is -0.532. The number of aromatic nitrogens is 3. The summed E-state index contributed by atoms with van der Waals surface area (Å²) in [6.07, 6.45) is 4.74. The van der Waals surface area contributed by atoms with Gasteiger partial charge in [0.15, 0.2) is 0 Å². The highest BCUT2D eigenvalue weighted by molar-refractivity contribution is 5.95. The number of rotatable bonds is 4.